The fourth-order valence-corrected chi connectivity index (χ4v) is 1.90. The first kappa shape index (κ1) is 16.5. The molecule has 0 fully saturated rings. The summed E-state index contributed by atoms with van der Waals surface area (Å²) in [7, 11) is 1.64. The van der Waals surface area contributed by atoms with Crippen LogP contribution in [0.5, 0.6) is 5.75 Å². The molecule has 0 aliphatic rings. The molecule has 0 aliphatic carbocycles. The monoisotopic (exact) mass is 281 g/mol. The van der Waals surface area contributed by atoms with Crippen molar-refractivity contribution in [3.8, 4) is 5.75 Å². The quantitative estimate of drug-likeness (QED) is 0.678. The molecule has 0 saturated heterocycles. The van der Waals surface area contributed by atoms with E-state index < -0.39 is 11.5 Å². The number of carboxylic acid groups (broad SMARTS) is 1. The molecule has 0 saturated carbocycles. The summed E-state index contributed by atoms with van der Waals surface area (Å²) in [5.74, 6) is -0.198. The van der Waals surface area contributed by atoms with Gasteiger partial charge in [-0.05, 0) is 37.0 Å². The van der Waals surface area contributed by atoms with Gasteiger partial charge in [-0.3, -0.25) is 4.79 Å². The number of benzene rings is 1. The highest BCUT2D eigenvalue weighted by Gasteiger charge is 2.30. The van der Waals surface area contributed by atoms with Gasteiger partial charge >= 0.3 is 5.97 Å². The Morgan fingerprint density at radius 2 is 2.20 bits per heavy atom. The van der Waals surface area contributed by atoms with E-state index in [9.17, 15) is 4.79 Å². The summed E-state index contributed by atoms with van der Waals surface area (Å²) in [6.07, 6.45) is 1.41. The van der Waals surface area contributed by atoms with Crippen LogP contribution in [0.2, 0.25) is 0 Å². The summed E-state index contributed by atoms with van der Waals surface area (Å²) < 4.78 is 10.7. The van der Waals surface area contributed by atoms with Crippen LogP contribution in [-0.2, 0) is 16.1 Å². The zero-order chi connectivity index (χ0) is 15.0. The van der Waals surface area contributed by atoms with E-state index in [1.807, 2.05) is 24.3 Å². The lowest BCUT2D eigenvalue weighted by atomic mass is 9.92. The van der Waals surface area contributed by atoms with Gasteiger partial charge in [0, 0.05) is 7.11 Å². The zero-order valence-corrected chi connectivity index (χ0v) is 12.1. The predicted octanol–water partition coefficient (Wildman–Crippen LogP) is 2.18. The molecular weight excluding hydrogens is 258 g/mol. The lowest BCUT2D eigenvalue weighted by molar-refractivity contribution is -0.143. The molecule has 3 N–H and O–H groups in total. The first-order chi connectivity index (χ1) is 9.51. The van der Waals surface area contributed by atoms with Crippen molar-refractivity contribution in [3.63, 3.8) is 0 Å². The standard InChI is InChI=1S/C15H23NO4/c1-3-15(16,14(17)18)8-5-9-20-13-7-4-6-12(10-13)11-19-2/h4,6-7,10H,3,5,8-9,11,16H2,1-2H3,(H,17,18). The van der Waals surface area contributed by atoms with E-state index in [0.29, 0.717) is 32.5 Å². The molecule has 1 atom stereocenters. The third-order valence-electron chi connectivity index (χ3n) is 3.30. The summed E-state index contributed by atoms with van der Waals surface area (Å²) in [6, 6.07) is 7.64. The molecule has 0 bridgehead atoms. The van der Waals surface area contributed by atoms with Crippen LogP contribution in [-0.4, -0.2) is 30.3 Å². The maximum Gasteiger partial charge on any atom is 0.323 e. The van der Waals surface area contributed by atoms with E-state index in [0.717, 1.165) is 11.3 Å². The third kappa shape index (κ3) is 4.83. The van der Waals surface area contributed by atoms with Gasteiger partial charge < -0.3 is 20.3 Å². The second kappa shape index (κ2) is 7.87. The van der Waals surface area contributed by atoms with Crippen LogP contribution in [0.25, 0.3) is 0 Å². The topological polar surface area (TPSA) is 81.8 Å². The van der Waals surface area contributed by atoms with Gasteiger partial charge in [-0.15, -0.1) is 0 Å². The normalized spacial score (nSPS) is 13.8. The second-order valence-electron chi connectivity index (χ2n) is 4.85. The molecule has 0 amide bonds. The Bertz CT molecular complexity index is 436. The Morgan fingerprint density at radius 3 is 2.80 bits per heavy atom. The van der Waals surface area contributed by atoms with Crippen molar-refractivity contribution < 1.29 is 19.4 Å². The van der Waals surface area contributed by atoms with E-state index in [4.69, 9.17) is 20.3 Å². The minimum absolute atomic E-state index is 0.399. The molecule has 1 unspecified atom stereocenters. The van der Waals surface area contributed by atoms with Crippen LogP contribution in [0, 0.1) is 0 Å². The van der Waals surface area contributed by atoms with Crippen molar-refractivity contribution in [2.45, 2.75) is 38.3 Å². The highest BCUT2D eigenvalue weighted by atomic mass is 16.5. The largest absolute Gasteiger partial charge is 0.494 e. The first-order valence-corrected chi connectivity index (χ1v) is 6.75. The molecule has 20 heavy (non-hydrogen) atoms. The minimum atomic E-state index is -1.15. The van der Waals surface area contributed by atoms with Gasteiger partial charge in [-0.25, -0.2) is 0 Å². The Hall–Kier alpha value is -1.59. The molecule has 0 radical (unpaired) electrons. The summed E-state index contributed by atoms with van der Waals surface area (Å²) in [6.45, 7) is 2.77. The van der Waals surface area contributed by atoms with E-state index in [1.165, 1.54) is 0 Å². The van der Waals surface area contributed by atoms with Crippen molar-refractivity contribution in [3.05, 3.63) is 29.8 Å². The lowest BCUT2D eigenvalue weighted by Crippen LogP contribution is -2.47. The zero-order valence-electron chi connectivity index (χ0n) is 12.1. The summed E-state index contributed by atoms with van der Waals surface area (Å²) >= 11 is 0. The number of rotatable bonds is 9. The highest BCUT2D eigenvalue weighted by molar-refractivity contribution is 5.78. The second-order valence-corrected chi connectivity index (χ2v) is 4.85. The number of nitrogens with two attached hydrogens (primary N) is 1. The van der Waals surface area contributed by atoms with Gasteiger partial charge in [0.05, 0.1) is 13.2 Å². The SMILES string of the molecule is CCC(N)(CCCOc1cccc(COC)c1)C(=O)O. The molecular formula is C15H23NO4. The van der Waals surface area contributed by atoms with E-state index in [-0.39, 0.29) is 0 Å². The molecule has 0 heterocycles. The molecule has 5 nitrogen and oxygen atoms in total. The van der Waals surface area contributed by atoms with Crippen LogP contribution >= 0.6 is 0 Å². The van der Waals surface area contributed by atoms with Crippen molar-refractivity contribution in [1.82, 2.24) is 0 Å². The summed E-state index contributed by atoms with van der Waals surface area (Å²) in [5, 5.41) is 9.06. The molecule has 112 valence electrons. The van der Waals surface area contributed by atoms with Crippen molar-refractivity contribution in [1.29, 1.82) is 0 Å². The average molecular weight is 281 g/mol. The smallest absolute Gasteiger partial charge is 0.323 e. The number of hydrogen-bond donors (Lipinski definition) is 2. The highest BCUT2D eigenvalue weighted by Crippen LogP contribution is 2.17. The Balaban J connectivity index is 2.41. The molecule has 1 aromatic rings. The van der Waals surface area contributed by atoms with E-state index in [1.54, 1.807) is 14.0 Å². The number of hydrogen-bond acceptors (Lipinski definition) is 4. The van der Waals surface area contributed by atoms with Gasteiger partial charge in [0.1, 0.15) is 11.3 Å². The van der Waals surface area contributed by atoms with Gasteiger partial charge in [-0.1, -0.05) is 19.1 Å². The molecule has 5 heteroatoms. The van der Waals surface area contributed by atoms with Gasteiger partial charge in [0.25, 0.3) is 0 Å². The fourth-order valence-electron chi connectivity index (χ4n) is 1.90. The number of carboxylic acids is 1. The minimum Gasteiger partial charge on any atom is -0.494 e. The Morgan fingerprint density at radius 1 is 1.45 bits per heavy atom. The van der Waals surface area contributed by atoms with E-state index >= 15 is 0 Å². The van der Waals surface area contributed by atoms with Crippen molar-refractivity contribution in [2.75, 3.05) is 13.7 Å². The van der Waals surface area contributed by atoms with Crippen molar-refractivity contribution >= 4 is 5.97 Å². The van der Waals surface area contributed by atoms with E-state index in [2.05, 4.69) is 0 Å². The fraction of sp³-hybridized carbons (Fsp3) is 0.533. The maximum absolute atomic E-state index is 11.1. The first-order valence-electron chi connectivity index (χ1n) is 6.75. The number of methoxy groups -OCH3 is 1. The summed E-state index contributed by atoms with van der Waals surface area (Å²) in [5.41, 5.74) is 5.70. The summed E-state index contributed by atoms with van der Waals surface area (Å²) in [4.78, 5) is 11.1. The van der Waals surface area contributed by atoms with Gasteiger partial charge in [-0.2, -0.15) is 0 Å². The molecule has 1 aromatic carbocycles. The maximum atomic E-state index is 11.1. The Kier molecular flexibility index (Phi) is 6.48. The number of ether oxygens (including phenoxy) is 2. The molecule has 1 rings (SSSR count). The predicted molar refractivity (Wildman–Crippen MR) is 76.7 cm³/mol. The van der Waals surface area contributed by atoms with Crippen LogP contribution in [0.4, 0.5) is 0 Å². The lowest BCUT2D eigenvalue weighted by Gasteiger charge is -2.22. The van der Waals surface area contributed by atoms with Crippen LogP contribution in [0.15, 0.2) is 24.3 Å². The molecule has 0 aromatic heterocycles. The Labute approximate surface area is 119 Å². The van der Waals surface area contributed by atoms with Crippen LogP contribution in [0.1, 0.15) is 31.7 Å². The number of carbonyl (C=O) groups is 1. The molecule has 0 spiro atoms. The third-order valence-corrected chi connectivity index (χ3v) is 3.30. The van der Waals surface area contributed by atoms with Crippen molar-refractivity contribution in [2.24, 2.45) is 5.73 Å². The number of aliphatic carboxylic acids is 1. The van der Waals surface area contributed by atoms with Crippen LogP contribution < -0.4 is 10.5 Å². The van der Waals surface area contributed by atoms with Gasteiger partial charge in [0.2, 0.25) is 0 Å². The molecule has 0 aliphatic heterocycles. The van der Waals surface area contributed by atoms with Crippen LogP contribution in [0.3, 0.4) is 0 Å². The van der Waals surface area contributed by atoms with Gasteiger partial charge in [0.15, 0.2) is 0 Å². The average Bonchev–Trinajstić information content (AvgIpc) is 2.44.